The molecule has 1 aromatic carbocycles. The normalized spacial score (nSPS) is 10.1. The summed E-state index contributed by atoms with van der Waals surface area (Å²) in [5.74, 6) is -0.785. The standard InChI is InChI=1S/C8H7BrFNO2/c1-5-2-7(10)8(11(12)13)3-6(5)4-9/h2-3H,4H2,1H3. The molecule has 0 fully saturated rings. The molecule has 0 spiro atoms. The maximum atomic E-state index is 13.0. The highest BCUT2D eigenvalue weighted by molar-refractivity contribution is 9.08. The Morgan fingerprint density at radius 2 is 2.23 bits per heavy atom. The summed E-state index contributed by atoms with van der Waals surface area (Å²) in [6, 6.07) is 2.42. The second kappa shape index (κ2) is 3.83. The van der Waals surface area contributed by atoms with Crippen LogP contribution in [0.1, 0.15) is 11.1 Å². The third-order valence-electron chi connectivity index (χ3n) is 1.75. The largest absolute Gasteiger partial charge is 0.305 e. The molecular formula is C8H7BrFNO2. The molecule has 3 nitrogen and oxygen atoms in total. The van der Waals surface area contributed by atoms with Crippen molar-refractivity contribution in [1.29, 1.82) is 0 Å². The minimum Gasteiger partial charge on any atom is -0.258 e. The number of hydrogen-bond acceptors (Lipinski definition) is 2. The van der Waals surface area contributed by atoms with Crippen LogP contribution in [-0.4, -0.2) is 4.92 Å². The van der Waals surface area contributed by atoms with Crippen molar-refractivity contribution in [2.45, 2.75) is 12.3 Å². The fraction of sp³-hybridized carbons (Fsp3) is 0.250. The van der Waals surface area contributed by atoms with Crippen molar-refractivity contribution in [3.8, 4) is 0 Å². The molecule has 0 aromatic heterocycles. The summed E-state index contributed by atoms with van der Waals surface area (Å²) < 4.78 is 13.0. The summed E-state index contributed by atoms with van der Waals surface area (Å²) in [6.07, 6.45) is 0. The summed E-state index contributed by atoms with van der Waals surface area (Å²) in [7, 11) is 0. The summed E-state index contributed by atoms with van der Waals surface area (Å²) in [6.45, 7) is 1.71. The van der Waals surface area contributed by atoms with Crippen LogP contribution < -0.4 is 0 Å². The van der Waals surface area contributed by atoms with E-state index in [1.807, 2.05) is 0 Å². The van der Waals surface area contributed by atoms with E-state index in [0.717, 1.165) is 5.56 Å². The predicted octanol–water partition coefficient (Wildman–Crippen LogP) is 2.94. The van der Waals surface area contributed by atoms with Crippen LogP contribution in [0.25, 0.3) is 0 Å². The average Bonchev–Trinajstić information content (AvgIpc) is 2.03. The molecule has 0 aliphatic heterocycles. The monoisotopic (exact) mass is 247 g/mol. The Kier molecular flexibility index (Phi) is 2.98. The van der Waals surface area contributed by atoms with Crippen LogP contribution in [0.15, 0.2) is 12.1 Å². The van der Waals surface area contributed by atoms with Gasteiger partial charge in [0.05, 0.1) is 4.92 Å². The molecule has 0 heterocycles. The topological polar surface area (TPSA) is 43.1 Å². The number of hydrogen-bond donors (Lipinski definition) is 0. The van der Waals surface area contributed by atoms with Gasteiger partial charge in [-0.2, -0.15) is 4.39 Å². The molecule has 0 saturated carbocycles. The molecule has 0 bridgehead atoms. The van der Waals surface area contributed by atoms with E-state index in [0.29, 0.717) is 10.9 Å². The number of nitrogens with zero attached hydrogens (tertiary/aromatic N) is 1. The Balaban J connectivity index is 3.30. The highest BCUT2D eigenvalue weighted by Gasteiger charge is 2.15. The maximum Gasteiger partial charge on any atom is 0.305 e. The first-order chi connectivity index (χ1) is 6.06. The molecule has 0 aliphatic rings. The molecule has 1 aromatic rings. The van der Waals surface area contributed by atoms with Crippen molar-refractivity contribution >= 4 is 21.6 Å². The van der Waals surface area contributed by atoms with Crippen LogP contribution in [0.5, 0.6) is 0 Å². The van der Waals surface area contributed by atoms with Gasteiger partial charge >= 0.3 is 5.69 Å². The average molecular weight is 248 g/mol. The minimum atomic E-state index is -0.785. The van der Waals surface area contributed by atoms with Gasteiger partial charge in [-0.15, -0.1) is 0 Å². The number of halogens is 2. The van der Waals surface area contributed by atoms with E-state index in [1.165, 1.54) is 12.1 Å². The van der Waals surface area contributed by atoms with Gasteiger partial charge in [-0.3, -0.25) is 10.1 Å². The van der Waals surface area contributed by atoms with Gasteiger partial charge in [0.15, 0.2) is 0 Å². The highest BCUT2D eigenvalue weighted by Crippen LogP contribution is 2.23. The molecule has 0 amide bonds. The van der Waals surface area contributed by atoms with Crippen molar-refractivity contribution in [3.05, 3.63) is 39.2 Å². The number of nitro benzene ring substituents is 1. The van der Waals surface area contributed by atoms with Gasteiger partial charge in [0.1, 0.15) is 0 Å². The third-order valence-corrected chi connectivity index (χ3v) is 2.35. The lowest BCUT2D eigenvalue weighted by Gasteiger charge is -2.01. The molecule has 70 valence electrons. The highest BCUT2D eigenvalue weighted by atomic mass is 79.9. The zero-order valence-corrected chi connectivity index (χ0v) is 8.47. The van der Waals surface area contributed by atoms with E-state index in [2.05, 4.69) is 15.9 Å². The third kappa shape index (κ3) is 2.03. The van der Waals surface area contributed by atoms with E-state index >= 15 is 0 Å². The van der Waals surface area contributed by atoms with E-state index in [4.69, 9.17) is 0 Å². The molecule has 0 saturated heterocycles. The first-order valence-corrected chi connectivity index (χ1v) is 4.67. The van der Waals surface area contributed by atoms with E-state index in [-0.39, 0.29) is 0 Å². The van der Waals surface area contributed by atoms with Crippen molar-refractivity contribution in [1.82, 2.24) is 0 Å². The number of aryl methyl sites for hydroxylation is 1. The van der Waals surface area contributed by atoms with Crippen LogP contribution >= 0.6 is 15.9 Å². The number of rotatable bonds is 2. The fourth-order valence-electron chi connectivity index (χ4n) is 0.988. The Morgan fingerprint density at radius 3 is 2.69 bits per heavy atom. The van der Waals surface area contributed by atoms with Gasteiger partial charge < -0.3 is 0 Å². The summed E-state index contributed by atoms with van der Waals surface area (Å²) in [5.41, 5.74) is 0.966. The molecule has 5 heteroatoms. The molecule has 0 radical (unpaired) electrons. The van der Waals surface area contributed by atoms with Crippen LogP contribution in [0.2, 0.25) is 0 Å². The van der Waals surface area contributed by atoms with Crippen molar-refractivity contribution < 1.29 is 9.31 Å². The molecule has 0 aliphatic carbocycles. The van der Waals surface area contributed by atoms with Gasteiger partial charge in [0, 0.05) is 11.4 Å². The quantitative estimate of drug-likeness (QED) is 0.458. The zero-order valence-electron chi connectivity index (χ0n) is 6.88. The van der Waals surface area contributed by atoms with Gasteiger partial charge in [0.25, 0.3) is 0 Å². The Hall–Kier alpha value is -0.970. The van der Waals surface area contributed by atoms with Crippen LogP contribution in [-0.2, 0) is 5.33 Å². The molecule has 0 unspecified atom stereocenters. The zero-order chi connectivity index (χ0) is 10.0. The summed E-state index contributed by atoms with van der Waals surface area (Å²) >= 11 is 3.17. The van der Waals surface area contributed by atoms with Gasteiger partial charge in [-0.05, 0) is 24.1 Å². The van der Waals surface area contributed by atoms with Gasteiger partial charge in [-0.25, -0.2) is 0 Å². The van der Waals surface area contributed by atoms with Crippen molar-refractivity contribution in [3.63, 3.8) is 0 Å². The lowest BCUT2D eigenvalue weighted by atomic mass is 10.1. The lowest BCUT2D eigenvalue weighted by molar-refractivity contribution is -0.387. The minimum absolute atomic E-state index is 0.472. The smallest absolute Gasteiger partial charge is 0.258 e. The van der Waals surface area contributed by atoms with Crippen LogP contribution in [0, 0.1) is 22.9 Å². The Bertz CT molecular complexity index is 354. The first kappa shape index (κ1) is 10.1. The molecule has 0 atom stereocenters. The molecular weight excluding hydrogens is 241 g/mol. The lowest BCUT2D eigenvalue weighted by Crippen LogP contribution is -1.96. The Labute approximate surface area is 82.8 Å². The number of benzene rings is 1. The van der Waals surface area contributed by atoms with Crippen LogP contribution in [0.3, 0.4) is 0 Å². The van der Waals surface area contributed by atoms with E-state index in [1.54, 1.807) is 6.92 Å². The second-order valence-corrected chi connectivity index (χ2v) is 3.18. The SMILES string of the molecule is Cc1cc(F)c([N+](=O)[O-])cc1CBr. The van der Waals surface area contributed by atoms with Crippen molar-refractivity contribution in [2.75, 3.05) is 0 Å². The van der Waals surface area contributed by atoms with Crippen molar-refractivity contribution in [2.24, 2.45) is 0 Å². The van der Waals surface area contributed by atoms with E-state index in [9.17, 15) is 14.5 Å². The summed E-state index contributed by atoms with van der Waals surface area (Å²) in [5, 5.41) is 10.8. The molecule has 1 rings (SSSR count). The number of nitro groups is 1. The van der Waals surface area contributed by atoms with Gasteiger partial charge in [-0.1, -0.05) is 15.9 Å². The fourth-order valence-corrected chi connectivity index (χ4v) is 1.59. The second-order valence-electron chi connectivity index (χ2n) is 2.62. The Morgan fingerprint density at radius 1 is 1.62 bits per heavy atom. The van der Waals surface area contributed by atoms with E-state index < -0.39 is 16.4 Å². The number of alkyl halides is 1. The maximum absolute atomic E-state index is 13.0. The molecule has 0 N–H and O–H groups in total. The summed E-state index contributed by atoms with van der Waals surface area (Å²) in [4.78, 5) is 9.63. The molecule has 13 heavy (non-hydrogen) atoms. The predicted molar refractivity (Wildman–Crippen MR) is 50.4 cm³/mol. The first-order valence-electron chi connectivity index (χ1n) is 3.55. The van der Waals surface area contributed by atoms with Gasteiger partial charge in [0.2, 0.25) is 5.82 Å². The van der Waals surface area contributed by atoms with Crippen LogP contribution in [0.4, 0.5) is 10.1 Å².